The molecule has 1 amide bonds. The summed E-state index contributed by atoms with van der Waals surface area (Å²) in [6.45, 7) is 1.85. The molecule has 17 heavy (non-hydrogen) atoms. The van der Waals surface area contributed by atoms with Crippen LogP contribution in [0.5, 0.6) is 5.75 Å². The second kappa shape index (κ2) is 6.25. The Bertz CT molecular complexity index is 353. The second-order valence-electron chi connectivity index (χ2n) is 4.07. The van der Waals surface area contributed by atoms with E-state index in [-0.39, 0.29) is 5.91 Å². The fourth-order valence-corrected chi connectivity index (χ4v) is 1.52. The van der Waals surface area contributed by atoms with Gasteiger partial charge in [0.1, 0.15) is 5.75 Å². The maximum absolute atomic E-state index is 10.7. The van der Waals surface area contributed by atoms with Gasteiger partial charge < -0.3 is 15.2 Å². The number of hydrogen-bond acceptors (Lipinski definition) is 3. The minimum atomic E-state index is -0.725. The van der Waals surface area contributed by atoms with Gasteiger partial charge in [0.15, 0.2) is 0 Å². The topological polar surface area (TPSA) is 61.5 Å². The number of primary amides is 1. The van der Waals surface area contributed by atoms with E-state index in [4.69, 9.17) is 15.2 Å². The molecule has 2 N–H and O–H groups in total. The normalized spacial score (nSPS) is 14.0. The first-order valence-corrected chi connectivity index (χ1v) is 5.63. The Morgan fingerprint density at radius 1 is 1.35 bits per heavy atom. The van der Waals surface area contributed by atoms with Gasteiger partial charge in [-0.2, -0.15) is 0 Å². The fraction of sp³-hybridized carbons (Fsp3) is 0.462. The van der Waals surface area contributed by atoms with E-state index in [1.165, 1.54) is 0 Å². The van der Waals surface area contributed by atoms with E-state index in [2.05, 4.69) is 0 Å². The summed E-state index contributed by atoms with van der Waals surface area (Å²) in [5.74, 6) is -0.282. The van der Waals surface area contributed by atoms with Crippen LogP contribution in [-0.2, 0) is 9.53 Å². The first-order chi connectivity index (χ1) is 8.06. The van der Waals surface area contributed by atoms with E-state index in [1.807, 2.05) is 37.3 Å². The molecule has 0 saturated heterocycles. The predicted molar refractivity (Wildman–Crippen MR) is 65.5 cm³/mol. The van der Waals surface area contributed by atoms with Gasteiger partial charge in [-0.25, -0.2) is 0 Å². The minimum Gasteiger partial charge on any atom is -0.463 e. The number of carbonyl (C=O) groups excluding carboxylic acids is 1. The maximum Gasteiger partial charge on any atom is 0.217 e. The highest BCUT2D eigenvalue weighted by molar-refractivity contribution is 5.73. The highest BCUT2D eigenvalue weighted by Crippen LogP contribution is 2.23. The lowest BCUT2D eigenvalue weighted by Gasteiger charge is -2.29. The summed E-state index contributed by atoms with van der Waals surface area (Å²) in [4.78, 5) is 10.7. The van der Waals surface area contributed by atoms with Crippen LogP contribution in [0.4, 0.5) is 0 Å². The van der Waals surface area contributed by atoms with Gasteiger partial charge in [-0.1, -0.05) is 18.2 Å². The molecule has 0 fully saturated rings. The van der Waals surface area contributed by atoms with Crippen LogP contribution in [0.15, 0.2) is 30.3 Å². The van der Waals surface area contributed by atoms with Crippen LogP contribution in [0.1, 0.15) is 26.2 Å². The molecule has 0 bridgehead atoms. The highest BCUT2D eigenvalue weighted by Gasteiger charge is 2.25. The van der Waals surface area contributed by atoms with Crippen LogP contribution in [0, 0.1) is 0 Å². The lowest BCUT2D eigenvalue weighted by Crippen LogP contribution is -2.34. The van der Waals surface area contributed by atoms with Crippen molar-refractivity contribution in [3.05, 3.63) is 30.3 Å². The first-order valence-electron chi connectivity index (χ1n) is 5.63. The number of rotatable bonds is 7. The average molecular weight is 237 g/mol. The summed E-state index contributed by atoms with van der Waals surface area (Å²) in [6.07, 6.45) is 1.60. The van der Waals surface area contributed by atoms with Gasteiger partial charge in [0.2, 0.25) is 11.7 Å². The molecule has 4 nitrogen and oxygen atoms in total. The summed E-state index contributed by atoms with van der Waals surface area (Å²) in [7, 11) is 1.59. The van der Waals surface area contributed by atoms with E-state index >= 15 is 0 Å². The molecule has 0 saturated carbocycles. The molecule has 0 aliphatic heterocycles. The number of benzene rings is 1. The van der Waals surface area contributed by atoms with Crippen LogP contribution < -0.4 is 10.5 Å². The van der Waals surface area contributed by atoms with Gasteiger partial charge in [-0.05, 0) is 18.6 Å². The molecule has 1 unspecified atom stereocenters. The highest BCUT2D eigenvalue weighted by atomic mass is 16.7. The van der Waals surface area contributed by atoms with Crippen molar-refractivity contribution >= 4 is 5.91 Å². The summed E-state index contributed by atoms with van der Waals surface area (Å²) in [5, 5.41) is 0. The minimum absolute atomic E-state index is 0.303. The van der Waals surface area contributed by atoms with Crippen LogP contribution in [0.25, 0.3) is 0 Å². The van der Waals surface area contributed by atoms with E-state index in [0.717, 1.165) is 5.75 Å². The Morgan fingerprint density at radius 2 is 2.00 bits per heavy atom. The zero-order valence-electron chi connectivity index (χ0n) is 10.3. The third-order valence-electron chi connectivity index (χ3n) is 2.56. The molecule has 94 valence electrons. The van der Waals surface area contributed by atoms with E-state index in [1.54, 1.807) is 7.11 Å². The molecule has 1 aromatic rings. The van der Waals surface area contributed by atoms with Crippen LogP contribution in [0.2, 0.25) is 0 Å². The second-order valence-corrected chi connectivity index (χ2v) is 4.07. The predicted octanol–water partition coefficient (Wildman–Crippen LogP) is 2.08. The maximum atomic E-state index is 10.7. The van der Waals surface area contributed by atoms with E-state index in [0.29, 0.717) is 19.3 Å². The number of methoxy groups -OCH3 is 1. The zero-order valence-corrected chi connectivity index (χ0v) is 10.3. The standard InChI is InChI=1S/C13H19NO3/c1-13(16-2,10-6-9-12(14)15)17-11-7-4-3-5-8-11/h3-5,7-8H,6,9-10H2,1-2H3,(H2,14,15). The Morgan fingerprint density at radius 3 is 2.53 bits per heavy atom. The molecule has 4 heteroatoms. The molecule has 0 heterocycles. The Balaban J connectivity index is 2.53. The van der Waals surface area contributed by atoms with Crippen molar-refractivity contribution in [3.63, 3.8) is 0 Å². The summed E-state index contributed by atoms with van der Waals surface area (Å²) >= 11 is 0. The van der Waals surface area contributed by atoms with Gasteiger partial charge >= 0.3 is 0 Å². The summed E-state index contributed by atoms with van der Waals surface area (Å²) < 4.78 is 11.1. The SMILES string of the molecule is COC(C)(CCCC(N)=O)Oc1ccccc1. The summed E-state index contributed by atoms with van der Waals surface area (Å²) in [6, 6.07) is 9.45. The van der Waals surface area contributed by atoms with Crippen LogP contribution in [-0.4, -0.2) is 18.8 Å². The average Bonchev–Trinajstić information content (AvgIpc) is 2.30. The Hall–Kier alpha value is -1.55. The van der Waals surface area contributed by atoms with Crippen molar-refractivity contribution in [1.82, 2.24) is 0 Å². The number of carbonyl (C=O) groups is 1. The fourth-order valence-electron chi connectivity index (χ4n) is 1.52. The molecule has 1 atom stereocenters. The molecule has 0 spiro atoms. The smallest absolute Gasteiger partial charge is 0.217 e. The van der Waals surface area contributed by atoms with Crippen LogP contribution in [0.3, 0.4) is 0 Å². The molecule has 0 aliphatic carbocycles. The molecular weight excluding hydrogens is 218 g/mol. The summed E-state index contributed by atoms with van der Waals surface area (Å²) in [5.41, 5.74) is 5.10. The Kier molecular flexibility index (Phi) is 4.97. The lowest BCUT2D eigenvalue weighted by molar-refractivity contribution is -0.155. The number of ether oxygens (including phenoxy) is 2. The first kappa shape index (κ1) is 13.5. The van der Waals surface area contributed by atoms with Gasteiger partial charge in [0.05, 0.1) is 0 Å². The van der Waals surface area contributed by atoms with E-state index in [9.17, 15) is 4.79 Å². The monoisotopic (exact) mass is 237 g/mol. The lowest BCUT2D eigenvalue weighted by atomic mass is 10.1. The van der Waals surface area contributed by atoms with Crippen molar-refractivity contribution < 1.29 is 14.3 Å². The van der Waals surface area contributed by atoms with E-state index < -0.39 is 5.79 Å². The Labute approximate surface area is 102 Å². The third-order valence-corrected chi connectivity index (χ3v) is 2.56. The van der Waals surface area contributed by atoms with Crippen molar-refractivity contribution in [2.75, 3.05) is 7.11 Å². The molecule has 1 rings (SSSR count). The van der Waals surface area contributed by atoms with Crippen molar-refractivity contribution in [3.8, 4) is 5.75 Å². The molecular formula is C13H19NO3. The van der Waals surface area contributed by atoms with Crippen molar-refractivity contribution in [2.45, 2.75) is 32.0 Å². The number of amides is 1. The zero-order chi connectivity index (χ0) is 12.7. The van der Waals surface area contributed by atoms with Gasteiger partial charge in [0, 0.05) is 26.9 Å². The third kappa shape index (κ3) is 4.87. The number of para-hydroxylation sites is 1. The molecule has 0 aliphatic rings. The molecule has 0 radical (unpaired) electrons. The molecule has 0 aromatic heterocycles. The largest absolute Gasteiger partial charge is 0.463 e. The van der Waals surface area contributed by atoms with Crippen LogP contribution >= 0.6 is 0 Å². The van der Waals surface area contributed by atoms with Crippen molar-refractivity contribution in [1.29, 1.82) is 0 Å². The van der Waals surface area contributed by atoms with Gasteiger partial charge in [-0.3, -0.25) is 4.79 Å². The number of nitrogens with two attached hydrogens (primary N) is 1. The van der Waals surface area contributed by atoms with Crippen molar-refractivity contribution in [2.24, 2.45) is 5.73 Å². The quantitative estimate of drug-likeness (QED) is 0.738. The molecule has 1 aromatic carbocycles. The van der Waals surface area contributed by atoms with Gasteiger partial charge in [-0.15, -0.1) is 0 Å². The number of hydrogen-bond donors (Lipinski definition) is 1. The van der Waals surface area contributed by atoms with Gasteiger partial charge in [0.25, 0.3) is 0 Å².